The van der Waals surface area contributed by atoms with E-state index in [-0.39, 0.29) is 5.82 Å². The lowest BCUT2D eigenvalue weighted by molar-refractivity contribution is 0.613. The highest BCUT2D eigenvalue weighted by molar-refractivity contribution is 9.11. The van der Waals surface area contributed by atoms with E-state index in [0.29, 0.717) is 12.0 Å². The van der Waals surface area contributed by atoms with E-state index in [1.54, 1.807) is 6.07 Å². The summed E-state index contributed by atoms with van der Waals surface area (Å²) in [6.07, 6.45) is 0.527. The maximum absolute atomic E-state index is 13.1. The Morgan fingerprint density at radius 2 is 2.17 bits per heavy atom. The Kier molecular flexibility index (Phi) is 3.47. The topological polar surface area (TPSA) is 0 Å². The molecule has 0 saturated heterocycles. The molecule has 12 heavy (non-hydrogen) atoms. The number of benzene rings is 1. The molecule has 64 valence electrons. The number of rotatable bonds is 2. The zero-order chi connectivity index (χ0) is 9.14. The quantitative estimate of drug-likeness (QED) is 0.772. The highest BCUT2D eigenvalue weighted by Gasteiger charge is 2.02. The molecule has 3 heteroatoms. The summed E-state index contributed by atoms with van der Waals surface area (Å²) in [6, 6.07) is 5.01. The van der Waals surface area contributed by atoms with E-state index in [1.807, 2.05) is 6.07 Å². The van der Waals surface area contributed by atoms with Crippen molar-refractivity contribution >= 4 is 31.9 Å². The fourth-order valence-electron chi connectivity index (χ4n) is 0.872. The summed E-state index contributed by atoms with van der Waals surface area (Å²) < 4.78 is 14.7. The van der Waals surface area contributed by atoms with E-state index in [0.717, 1.165) is 8.96 Å². The Hall–Kier alpha value is -0.150. The predicted molar refractivity (Wildman–Crippen MR) is 55.9 cm³/mol. The van der Waals surface area contributed by atoms with E-state index >= 15 is 0 Å². The van der Waals surface area contributed by atoms with Crippen LogP contribution in [0.25, 0.3) is 0 Å². The first-order valence-electron chi connectivity index (χ1n) is 3.37. The highest BCUT2D eigenvalue weighted by atomic mass is 79.9. The second-order valence-corrected chi connectivity index (χ2v) is 4.47. The zero-order valence-electron chi connectivity index (χ0n) is 6.28. The van der Waals surface area contributed by atoms with Gasteiger partial charge >= 0.3 is 0 Å². The molecule has 0 fully saturated rings. The minimum absolute atomic E-state index is 0.204. The Labute approximate surface area is 87.7 Å². The molecule has 1 rings (SSSR count). The van der Waals surface area contributed by atoms with Crippen molar-refractivity contribution in [2.45, 2.75) is 6.42 Å². The molecule has 0 atom stereocenters. The van der Waals surface area contributed by atoms with Crippen LogP contribution in [-0.4, -0.2) is 0 Å². The average molecular weight is 294 g/mol. The van der Waals surface area contributed by atoms with E-state index in [1.165, 1.54) is 6.07 Å². The standard InChI is InChI=1S/C9H7Br2F/c1-6(10)4-7-2-3-8(11)5-9(7)12/h2-3,5H,1,4H2. The first-order valence-corrected chi connectivity index (χ1v) is 4.95. The van der Waals surface area contributed by atoms with Gasteiger partial charge in [0.25, 0.3) is 0 Å². The Morgan fingerprint density at radius 3 is 2.67 bits per heavy atom. The lowest BCUT2D eigenvalue weighted by atomic mass is 10.1. The minimum Gasteiger partial charge on any atom is -0.207 e. The summed E-state index contributed by atoms with van der Waals surface area (Å²) in [4.78, 5) is 0. The van der Waals surface area contributed by atoms with Gasteiger partial charge < -0.3 is 0 Å². The molecular formula is C9H7Br2F. The van der Waals surface area contributed by atoms with Crippen LogP contribution < -0.4 is 0 Å². The molecule has 1 aromatic carbocycles. The first kappa shape index (κ1) is 9.93. The summed E-state index contributed by atoms with van der Waals surface area (Å²) >= 11 is 6.38. The molecular weight excluding hydrogens is 287 g/mol. The van der Waals surface area contributed by atoms with Crippen LogP contribution in [0.4, 0.5) is 4.39 Å². The largest absolute Gasteiger partial charge is 0.207 e. The van der Waals surface area contributed by atoms with E-state index in [9.17, 15) is 4.39 Å². The first-order chi connectivity index (χ1) is 5.59. The maximum atomic E-state index is 13.1. The monoisotopic (exact) mass is 292 g/mol. The van der Waals surface area contributed by atoms with Gasteiger partial charge in [0.1, 0.15) is 5.82 Å². The van der Waals surface area contributed by atoms with Crippen LogP contribution in [0.2, 0.25) is 0 Å². The molecule has 0 N–H and O–H groups in total. The lowest BCUT2D eigenvalue weighted by Gasteiger charge is -2.01. The van der Waals surface area contributed by atoms with Gasteiger partial charge in [-0.15, -0.1) is 0 Å². The van der Waals surface area contributed by atoms with Gasteiger partial charge in [-0.2, -0.15) is 0 Å². The lowest BCUT2D eigenvalue weighted by Crippen LogP contribution is -1.89. The molecule has 0 saturated carbocycles. The molecule has 0 amide bonds. The van der Waals surface area contributed by atoms with Crippen LogP contribution in [0.15, 0.2) is 33.7 Å². The van der Waals surface area contributed by atoms with Gasteiger partial charge in [-0.1, -0.05) is 44.5 Å². The van der Waals surface area contributed by atoms with Gasteiger partial charge in [-0.25, -0.2) is 4.39 Å². The van der Waals surface area contributed by atoms with Crippen molar-refractivity contribution in [1.29, 1.82) is 0 Å². The molecule has 0 aliphatic heterocycles. The van der Waals surface area contributed by atoms with Gasteiger partial charge in [0.05, 0.1) is 0 Å². The summed E-state index contributed by atoms with van der Waals surface area (Å²) in [5.41, 5.74) is 0.653. The number of allylic oxidation sites excluding steroid dienone is 1. The predicted octanol–water partition coefficient (Wildman–Crippen LogP) is 4.04. The van der Waals surface area contributed by atoms with Gasteiger partial charge in [0, 0.05) is 10.9 Å². The maximum Gasteiger partial charge on any atom is 0.127 e. The molecule has 0 aliphatic carbocycles. The molecule has 0 heterocycles. The average Bonchev–Trinajstić information content (AvgIpc) is 1.94. The van der Waals surface area contributed by atoms with Crippen molar-refractivity contribution in [1.82, 2.24) is 0 Å². The summed E-state index contributed by atoms with van der Waals surface area (Å²) in [6.45, 7) is 3.65. The van der Waals surface area contributed by atoms with Gasteiger partial charge in [0.2, 0.25) is 0 Å². The van der Waals surface area contributed by atoms with Crippen molar-refractivity contribution in [3.8, 4) is 0 Å². The zero-order valence-corrected chi connectivity index (χ0v) is 9.45. The van der Waals surface area contributed by atoms with Gasteiger partial charge in [-0.05, 0) is 22.2 Å². The van der Waals surface area contributed by atoms with Gasteiger partial charge in [-0.3, -0.25) is 0 Å². The second kappa shape index (κ2) is 4.19. The molecule has 0 spiro atoms. The van der Waals surface area contributed by atoms with Crippen LogP contribution in [0.1, 0.15) is 5.56 Å². The SMILES string of the molecule is C=C(Br)Cc1ccc(Br)cc1F. The van der Waals surface area contributed by atoms with Crippen molar-refractivity contribution < 1.29 is 4.39 Å². The van der Waals surface area contributed by atoms with E-state index in [2.05, 4.69) is 38.4 Å². The normalized spacial score (nSPS) is 9.92. The van der Waals surface area contributed by atoms with Crippen molar-refractivity contribution in [2.24, 2.45) is 0 Å². The van der Waals surface area contributed by atoms with Crippen molar-refractivity contribution in [2.75, 3.05) is 0 Å². The number of hydrogen-bond donors (Lipinski definition) is 0. The Bertz CT molecular complexity index is 307. The molecule has 1 aromatic rings. The van der Waals surface area contributed by atoms with Crippen LogP contribution in [0, 0.1) is 5.82 Å². The third-order valence-electron chi connectivity index (χ3n) is 1.40. The van der Waals surface area contributed by atoms with Crippen molar-refractivity contribution in [3.63, 3.8) is 0 Å². The summed E-state index contributed by atoms with van der Waals surface area (Å²) in [5, 5.41) is 0. The van der Waals surface area contributed by atoms with Crippen LogP contribution in [-0.2, 0) is 6.42 Å². The van der Waals surface area contributed by atoms with E-state index < -0.39 is 0 Å². The smallest absolute Gasteiger partial charge is 0.127 e. The molecule has 0 aliphatic rings. The molecule has 0 unspecified atom stereocenters. The summed E-state index contributed by atoms with van der Waals surface area (Å²) in [5.74, 6) is -0.204. The Morgan fingerprint density at radius 1 is 1.50 bits per heavy atom. The summed E-state index contributed by atoms with van der Waals surface area (Å²) in [7, 11) is 0. The fraction of sp³-hybridized carbons (Fsp3) is 0.111. The fourth-order valence-corrected chi connectivity index (χ4v) is 1.51. The second-order valence-electron chi connectivity index (χ2n) is 2.43. The third kappa shape index (κ3) is 2.72. The molecule has 0 radical (unpaired) electrons. The molecule has 0 aromatic heterocycles. The van der Waals surface area contributed by atoms with Gasteiger partial charge in [0.15, 0.2) is 0 Å². The number of halogens is 3. The minimum atomic E-state index is -0.204. The molecule has 0 bridgehead atoms. The highest BCUT2D eigenvalue weighted by Crippen LogP contribution is 2.19. The molecule has 0 nitrogen and oxygen atoms in total. The number of hydrogen-bond acceptors (Lipinski definition) is 0. The van der Waals surface area contributed by atoms with Crippen LogP contribution in [0.3, 0.4) is 0 Å². The van der Waals surface area contributed by atoms with Crippen LogP contribution >= 0.6 is 31.9 Å². The van der Waals surface area contributed by atoms with Crippen LogP contribution in [0.5, 0.6) is 0 Å². The van der Waals surface area contributed by atoms with Crippen molar-refractivity contribution in [3.05, 3.63) is 45.1 Å². The van der Waals surface area contributed by atoms with E-state index in [4.69, 9.17) is 0 Å². The Balaban J connectivity index is 2.93. The third-order valence-corrected chi connectivity index (χ3v) is 2.17.